The third kappa shape index (κ3) is 8.05. The molecule has 0 aliphatic rings. The summed E-state index contributed by atoms with van der Waals surface area (Å²) in [5.74, 6) is -8.42. The minimum absolute atomic E-state index is 0.159. The minimum Gasteiger partial charge on any atom is -0.308 e. The lowest BCUT2D eigenvalue weighted by atomic mass is 9.96. The maximum Gasteiger partial charge on any atom is 0.200 e. The van der Waals surface area contributed by atoms with Gasteiger partial charge in [0.25, 0.3) is 0 Å². The summed E-state index contributed by atoms with van der Waals surface area (Å²) >= 11 is 0. The summed E-state index contributed by atoms with van der Waals surface area (Å²) in [4.78, 5) is 29.7. The Labute approximate surface area is 457 Å². The van der Waals surface area contributed by atoms with Gasteiger partial charge in [-0.2, -0.15) is 5.26 Å². The van der Waals surface area contributed by atoms with Crippen LogP contribution in [0.4, 0.5) is 22.0 Å². The van der Waals surface area contributed by atoms with E-state index in [1.165, 1.54) is 12.1 Å². The lowest BCUT2D eigenvalue weighted by Gasteiger charge is -2.21. The smallest absolute Gasteiger partial charge is 0.200 e. The predicted octanol–water partition coefficient (Wildman–Crippen LogP) is 16.5. The molecule has 0 bridgehead atoms. The molecule has 0 radical (unpaired) electrons. The van der Waals surface area contributed by atoms with Gasteiger partial charge in [-0.25, -0.2) is 51.9 Å². The summed E-state index contributed by atoms with van der Waals surface area (Å²) in [6.45, 7) is 0. The van der Waals surface area contributed by atoms with Crippen LogP contribution < -0.4 is 0 Å². The van der Waals surface area contributed by atoms with Crippen molar-refractivity contribution in [3.8, 4) is 96.9 Å². The molecule has 10 aromatic carbocycles. The number of hydrogen-bond acceptors (Lipinski definition) is 7. The Bertz CT molecular complexity index is 4740. The second-order valence-electron chi connectivity index (χ2n) is 19.2. The van der Waals surface area contributed by atoms with Crippen LogP contribution >= 0.6 is 0 Å². The molecular weight excluding hydrogens is 1030 g/mol. The van der Waals surface area contributed by atoms with Crippen LogP contribution in [0.1, 0.15) is 5.56 Å². The van der Waals surface area contributed by atoms with E-state index in [1.807, 2.05) is 193 Å². The highest BCUT2D eigenvalue weighted by molar-refractivity contribution is 6.12. The van der Waals surface area contributed by atoms with Crippen molar-refractivity contribution in [2.45, 2.75) is 0 Å². The fourth-order valence-electron chi connectivity index (χ4n) is 10.7. The van der Waals surface area contributed by atoms with Crippen molar-refractivity contribution in [3.63, 3.8) is 0 Å². The molecule has 0 spiro atoms. The van der Waals surface area contributed by atoms with Crippen LogP contribution in [0.3, 0.4) is 0 Å². The van der Waals surface area contributed by atoms with Crippen molar-refractivity contribution >= 4 is 43.6 Å². The first kappa shape index (κ1) is 48.3. The molecule has 0 fully saturated rings. The molecule has 14 aromatic rings. The summed E-state index contributed by atoms with van der Waals surface area (Å²) in [6.07, 6.45) is 0. The quantitative estimate of drug-likeness (QED) is 0.0804. The first-order chi connectivity index (χ1) is 39.7. The highest BCUT2D eigenvalue weighted by Crippen LogP contribution is 2.45. The van der Waals surface area contributed by atoms with Gasteiger partial charge in [0, 0.05) is 60.5 Å². The van der Waals surface area contributed by atoms with Crippen LogP contribution in [-0.4, -0.2) is 39.0 Å². The number of halogens is 5. The normalized spacial score (nSPS) is 11.5. The van der Waals surface area contributed by atoms with E-state index in [0.717, 1.165) is 33.0 Å². The number of hydrogen-bond donors (Lipinski definition) is 0. The van der Waals surface area contributed by atoms with E-state index < -0.39 is 40.2 Å². The molecule has 14 rings (SSSR count). The van der Waals surface area contributed by atoms with Crippen molar-refractivity contribution in [2.24, 2.45) is 0 Å². The average molecular weight is 1060 g/mol. The van der Waals surface area contributed by atoms with Gasteiger partial charge < -0.3 is 9.13 Å². The summed E-state index contributed by atoms with van der Waals surface area (Å²) in [5, 5.41) is 14.7. The number of fused-ring (bicyclic) bond motifs is 6. The molecule has 384 valence electrons. The molecule has 0 aliphatic heterocycles. The van der Waals surface area contributed by atoms with E-state index in [4.69, 9.17) is 29.9 Å². The molecule has 0 aliphatic carbocycles. The standard InChI is InChI=1S/C67H36F5N9/c68-56-55(57(69)59(71)60(72)58(56)70)48-33-34-52(80-50-27-15-13-25-44(50)46-31-29-42(35-53(46)80)66-76-62(38-17-5-1-6-18-38)74-63(77-66)39-19-7-2-8-20-39)49(37-73)61(48)81-51-28-16-14-26-45(51)47-32-30-43(36-54(47)81)67-78-64(40-21-9-3-10-22-40)75-65(79-67)41-23-11-4-12-24-41/h1-36H. The molecule has 0 unspecified atom stereocenters. The van der Waals surface area contributed by atoms with Gasteiger partial charge in [-0.15, -0.1) is 0 Å². The summed E-state index contributed by atoms with van der Waals surface area (Å²) in [5.41, 5.74) is 4.44. The zero-order chi connectivity index (χ0) is 54.9. The van der Waals surface area contributed by atoms with E-state index in [0.29, 0.717) is 73.1 Å². The van der Waals surface area contributed by atoms with Crippen molar-refractivity contribution in [1.82, 2.24) is 39.0 Å². The molecule has 0 saturated heterocycles. The Balaban J connectivity index is 1.06. The van der Waals surface area contributed by atoms with Crippen molar-refractivity contribution < 1.29 is 22.0 Å². The second kappa shape index (κ2) is 19.5. The molecule has 9 nitrogen and oxygen atoms in total. The lowest BCUT2D eigenvalue weighted by Crippen LogP contribution is -2.10. The summed E-state index contributed by atoms with van der Waals surface area (Å²) in [7, 11) is 0. The molecule has 4 heterocycles. The van der Waals surface area contributed by atoms with Gasteiger partial charge in [-0.1, -0.05) is 182 Å². The van der Waals surface area contributed by atoms with Crippen molar-refractivity contribution in [3.05, 3.63) is 253 Å². The zero-order valence-corrected chi connectivity index (χ0v) is 42.2. The van der Waals surface area contributed by atoms with E-state index in [1.54, 1.807) is 22.8 Å². The molecule has 14 heteroatoms. The van der Waals surface area contributed by atoms with Gasteiger partial charge in [-0.05, 0) is 36.4 Å². The first-order valence-electron chi connectivity index (χ1n) is 25.6. The Hall–Kier alpha value is -11.0. The van der Waals surface area contributed by atoms with Crippen LogP contribution in [0.15, 0.2) is 218 Å². The number of para-hydroxylation sites is 2. The van der Waals surface area contributed by atoms with E-state index in [-0.39, 0.29) is 22.8 Å². The number of nitrogens with zero attached hydrogens (tertiary/aromatic N) is 9. The second-order valence-corrected chi connectivity index (χ2v) is 19.2. The van der Waals surface area contributed by atoms with Crippen LogP contribution in [-0.2, 0) is 0 Å². The van der Waals surface area contributed by atoms with Gasteiger partial charge in [0.1, 0.15) is 11.6 Å². The molecule has 0 saturated carbocycles. The molecule has 0 N–H and O–H groups in total. The van der Waals surface area contributed by atoms with Crippen LogP contribution in [0.25, 0.3) is 134 Å². The van der Waals surface area contributed by atoms with Crippen molar-refractivity contribution in [1.29, 1.82) is 5.26 Å². The minimum atomic E-state index is -2.32. The Morgan fingerprint density at radius 2 is 0.642 bits per heavy atom. The lowest BCUT2D eigenvalue weighted by molar-refractivity contribution is 0.381. The SMILES string of the molecule is N#Cc1c(-n2c3ccccc3c3ccc(-c4nc(-c5ccccc5)nc(-c5ccccc5)n4)cc32)ccc(-c2c(F)c(F)c(F)c(F)c2F)c1-n1c2ccccc2c2ccc(-c3nc(-c4ccccc4)nc(-c4ccccc4)n3)cc21. The molecule has 81 heavy (non-hydrogen) atoms. The van der Waals surface area contributed by atoms with Crippen LogP contribution in [0.5, 0.6) is 0 Å². The topological polar surface area (TPSA) is 111 Å². The summed E-state index contributed by atoms with van der Waals surface area (Å²) < 4.78 is 83.0. The maximum absolute atomic E-state index is 16.6. The first-order valence-corrected chi connectivity index (χ1v) is 25.6. The Kier molecular flexibility index (Phi) is 11.6. The number of rotatable bonds is 9. The predicted molar refractivity (Wildman–Crippen MR) is 304 cm³/mol. The third-order valence-electron chi connectivity index (χ3n) is 14.5. The third-order valence-corrected chi connectivity index (χ3v) is 14.5. The van der Waals surface area contributed by atoms with Gasteiger partial charge in [0.2, 0.25) is 5.82 Å². The van der Waals surface area contributed by atoms with E-state index >= 15 is 17.6 Å². The van der Waals surface area contributed by atoms with Gasteiger partial charge in [0.15, 0.2) is 58.2 Å². The average Bonchev–Trinajstić information content (AvgIpc) is 4.24. The Morgan fingerprint density at radius 3 is 1.05 bits per heavy atom. The van der Waals surface area contributed by atoms with Gasteiger partial charge in [-0.3, -0.25) is 0 Å². The monoisotopic (exact) mass is 1060 g/mol. The van der Waals surface area contributed by atoms with Crippen LogP contribution in [0.2, 0.25) is 0 Å². The maximum atomic E-state index is 16.6. The molecule has 0 amide bonds. The summed E-state index contributed by atoms with van der Waals surface area (Å²) in [6, 6.07) is 69.1. The molecular formula is C67H36F5N9. The zero-order valence-electron chi connectivity index (χ0n) is 42.2. The van der Waals surface area contributed by atoms with Gasteiger partial charge >= 0.3 is 0 Å². The van der Waals surface area contributed by atoms with E-state index in [2.05, 4.69) is 6.07 Å². The van der Waals surface area contributed by atoms with Gasteiger partial charge in [0.05, 0.1) is 39.0 Å². The van der Waals surface area contributed by atoms with Crippen molar-refractivity contribution in [2.75, 3.05) is 0 Å². The highest BCUT2D eigenvalue weighted by Gasteiger charge is 2.32. The van der Waals surface area contributed by atoms with Crippen LogP contribution in [0, 0.1) is 40.4 Å². The number of nitriles is 1. The Morgan fingerprint density at radius 1 is 0.309 bits per heavy atom. The largest absolute Gasteiger partial charge is 0.308 e. The highest BCUT2D eigenvalue weighted by atomic mass is 19.2. The molecule has 0 atom stereocenters. The molecule has 4 aromatic heterocycles. The fourth-order valence-corrected chi connectivity index (χ4v) is 10.7. The fraction of sp³-hybridized carbons (Fsp3) is 0. The number of aromatic nitrogens is 8. The van der Waals surface area contributed by atoms with E-state index in [9.17, 15) is 9.65 Å². The number of benzene rings is 10.